The Morgan fingerprint density at radius 2 is 2.05 bits per heavy atom. The molecule has 2 aromatic carbocycles. The van der Waals surface area contributed by atoms with Crippen molar-refractivity contribution in [1.82, 2.24) is 4.98 Å². The fraction of sp³-hybridized carbons (Fsp3) is 0.125. The number of carbonyl (C=O) groups excluding carboxylic acids is 1. The Labute approximate surface area is 136 Å². The van der Waals surface area contributed by atoms with E-state index in [4.69, 9.17) is 16.3 Å². The van der Waals surface area contributed by atoms with Gasteiger partial charge in [-0.3, -0.25) is 4.79 Å². The van der Waals surface area contributed by atoms with Crippen LogP contribution in [0.5, 0.6) is 5.75 Å². The van der Waals surface area contributed by atoms with Gasteiger partial charge in [0.1, 0.15) is 11.1 Å². The number of benzene rings is 2. The molecule has 22 heavy (non-hydrogen) atoms. The summed E-state index contributed by atoms with van der Waals surface area (Å²) in [6, 6.07) is 14.8. The van der Waals surface area contributed by atoms with Crippen LogP contribution in [0.1, 0.15) is 10.9 Å². The van der Waals surface area contributed by atoms with Gasteiger partial charge >= 0.3 is 0 Å². The lowest BCUT2D eigenvalue weighted by Gasteiger charge is -2.08. The van der Waals surface area contributed by atoms with E-state index < -0.39 is 5.38 Å². The lowest BCUT2D eigenvalue weighted by Crippen LogP contribution is -2.17. The number of thiazole rings is 1. The predicted octanol–water partition coefficient (Wildman–Crippen LogP) is 4.22. The normalized spacial score (nSPS) is 12.1. The molecule has 3 rings (SSSR count). The molecule has 0 spiro atoms. The number of alkyl halides is 1. The molecule has 1 unspecified atom stereocenters. The van der Waals surface area contributed by atoms with Crippen LogP contribution in [0.4, 0.5) is 5.13 Å². The van der Waals surface area contributed by atoms with Crippen LogP contribution in [-0.2, 0) is 4.79 Å². The Morgan fingerprint density at radius 1 is 1.27 bits per heavy atom. The number of hydrogen-bond acceptors (Lipinski definition) is 4. The molecule has 0 saturated carbocycles. The number of hydrogen-bond donors (Lipinski definition) is 1. The van der Waals surface area contributed by atoms with E-state index in [9.17, 15) is 4.79 Å². The van der Waals surface area contributed by atoms with E-state index in [0.717, 1.165) is 21.5 Å². The monoisotopic (exact) mass is 332 g/mol. The van der Waals surface area contributed by atoms with Gasteiger partial charge in [0.2, 0.25) is 5.91 Å². The molecule has 1 amide bonds. The molecule has 1 atom stereocenters. The minimum absolute atomic E-state index is 0.293. The third kappa shape index (κ3) is 3.05. The summed E-state index contributed by atoms with van der Waals surface area (Å²) in [5.74, 6) is 0.465. The van der Waals surface area contributed by atoms with Crippen molar-refractivity contribution < 1.29 is 9.53 Å². The van der Waals surface area contributed by atoms with Crippen molar-refractivity contribution in [3.63, 3.8) is 0 Å². The van der Waals surface area contributed by atoms with Crippen LogP contribution in [0.15, 0.2) is 48.5 Å². The first-order valence-corrected chi connectivity index (χ1v) is 7.87. The molecule has 3 aromatic rings. The molecule has 1 aromatic heterocycles. The average molecular weight is 333 g/mol. The first-order chi connectivity index (χ1) is 10.7. The quantitative estimate of drug-likeness (QED) is 0.728. The van der Waals surface area contributed by atoms with Crippen LogP contribution in [-0.4, -0.2) is 18.0 Å². The van der Waals surface area contributed by atoms with Gasteiger partial charge in [0.05, 0.1) is 17.3 Å². The molecule has 0 aliphatic heterocycles. The van der Waals surface area contributed by atoms with Gasteiger partial charge < -0.3 is 10.1 Å². The van der Waals surface area contributed by atoms with Gasteiger partial charge in [0.15, 0.2) is 5.13 Å². The Kier molecular flexibility index (Phi) is 4.27. The molecule has 6 heteroatoms. The maximum absolute atomic E-state index is 12.2. The average Bonchev–Trinajstić information content (AvgIpc) is 2.95. The van der Waals surface area contributed by atoms with E-state index in [0.29, 0.717) is 5.13 Å². The van der Waals surface area contributed by atoms with Gasteiger partial charge in [-0.1, -0.05) is 41.7 Å². The van der Waals surface area contributed by atoms with Gasteiger partial charge in [0, 0.05) is 0 Å². The first kappa shape index (κ1) is 14.8. The number of anilines is 1. The number of nitrogens with zero attached hydrogens (tertiary/aromatic N) is 1. The molecule has 112 valence electrons. The van der Waals surface area contributed by atoms with E-state index in [1.807, 2.05) is 48.5 Å². The van der Waals surface area contributed by atoms with Gasteiger partial charge in [-0.05, 0) is 23.8 Å². The second-order valence-corrected chi connectivity index (χ2v) is 6.08. The predicted molar refractivity (Wildman–Crippen MR) is 89.8 cm³/mol. The smallest absolute Gasteiger partial charge is 0.248 e. The van der Waals surface area contributed by atoms with Crippen molar-refractivity contribution in [2.75, 3.05) is 12.4 Å². The van der Waals surface area contributed by atoms with E-state index in [-0.39, 0.29) is 5.91 Å². The Hall–Kier alpha value is -2.11. The van der Waals surface area contributed by atoms with Crippen LogP contribution >= 0.6 is 22.9 Å². The van der Waals surface area contributed by atoms with Gasteiger partial charge in [-0.2, -0.15) is 0 Å². The first-order valence-electron chi connectivity index (χ1n) is 6.62. The summed E-state index contributed by atoms with van der Waals surface area (Å²) in [6.45, 7) is 0. The highest BCUT2D eigenvalue weighted by molar-refractivity contribution is 7.22. The summed E-state index contributed by atoms with van der Waals surface area (Å²) in [6.07, 6.45) is 0. The Bertz CT molecular complexity index is 804. The summed E-state index contributed by atoms with van der Waals surface area (Å²) < 4.78 is 6.12. The molecule has 0 bridgehead atoms. The largest absolute Gasteiger partial charge is 0.497 e. The number of rotatable bonds is 4. The summed E-state index contributed by atoms with van der Waals surface area (Å²) >= 11 is 7.58. The SMILES string of the molecule is COc1ccc2nc(NC(=O)C(Cl)c3ccccc3)sc2c1. The van der Waals surface area contributed by atoms with Crippen molar-refractivity contribution in [3.8, 4) is 5.75 Å². The maximum atomic E-state index is 12.2. The zero-order valence-electron chi connectivity index (χ0n) is 11.7. The van der Waals surface area contributed by atoms with E-state index >= 15 is 0 Å². The van der Waals surface area contributed by atoms with Gasteiger partial charge in [0.25, 0.3) is 0 Å². The van der Waals surface area contributed by atoms with Crippen molar-refractivity contribution in [2.45, 2.75) is 5.38 Å². The molecule has 4 nitrogen and oxygen atoms in total. The van der Waals surface area contributed by atoms with Crippen molar-refractivity contribution in [1.29, 1.82) is 0 Å². The van der Waals surface area contributed by atoms with Crippen LogP contribution in [0.25, 0.3) is 10.2 Å². The number of amides is 1. The van der Waals surface area contributed by atoms with Crippen LogP contribution < -0.4 is 10.1 Å². The standard InChI is InChI=1S/C16H13ClN2O2S/c1-21-11-7-8-12-13(9-11)22-16(18-12)19-15(20)14(17)10-5-3-2-4-6-10/h2-9,14H,1H3,(H,18,19,20). The van der Waals surface area contributed by atoms with Crippen molar-refractivity contribution in [3.05, 3.63) is 54.1 Å². The highest BCUT2D eigenvalue weighted by Crippen LogP contribution is 2.30. The summed E-state index contributed by atoms with van der Waals surface area (Å²) in [5, 5.41) is 2.54. The topological polar surface area (TPSA) is 51.2 Å². The minimum Gasteiger partial charge on any atom is -0.497 e. The zero-order valence-corrected chi connectivity index (χ0v) is 13.3. The molecular weight excluding hydrogens is 320 g/mol. The summed E-state index contributed by atoms with van der Waals surface area (Å²) in [4.78, 5) is 16.6. The van der Waals surface area contributed by atoms with Gasteiger partial charge in [-0.25, -0.2) is 4.98 Å². The molecule has 0 aliphatic rings. The number of fused-ring (bicyclic) bond motifs is 1. The number of halogens is 1. The summed E-state index contributed by atoms with van der Waals surface area (Å²) in [7, 11) is 1.61. The third-order valence-electron chi connectivity index (χ3n) is 3.15. The van der Waals surface area contributed by atoms with E-state index in [1.165, 1.54) is 11.3 Å². The second kappa shape index (κ2) is 6.34. The number of nitrogens with one attached hydrogen (secondary N) is 1. The van der Waals surface area contributed by atoms with Crippen molar-refractivity contribution in [2.24, 2.45) is 0 Å². The van der Waals surface area contributed by atoms with Crippen LogP contribution in [0.2, 0.25) is 0 Å². The minimum atomic E-state index is -0.747. The number of aromatic nitrogens is 1. The van der Waals surface area contributed by atoms with Crippen LogP contribution in [0.3, 0.4) is 0 Å². The Balaban J connectivity index is 1.79. The van der Waals surface area contributed by atoms with Gasteiger partial charge in [-0.15, -0.1) is 11.6 Å². The maximum Gasteiger partial charge on any atom is 0.248 e. The molecule has 1 N–H and O–H groups in total. The lowest BCUT2D eigenvalue weighted by atomic mass is 10.1. The molecule has 1 heterocycles. The summed E-state index contributed by atoms with van der Waals surface area (Å²) in [5.41, 5.74) is 1.57. The lowest BCUT2D eigenvalue weighted by molar-refractivity contribution is -0.116. The highest BCUT2D eigenvalue weighted by atomic mass is 35.5. The molecule has 0 fully saturated rings. The third-order valence-corrected chi connectivity index (χ3v) is 4.53. The van der Waals surface area contributed by atoms with Crippen molar-refractivity contribution >= 4 is 44.2 Å². The number of methoxy groups -OCH3 is 1. The number of ether oxygens (including phenoxy) is 1. The fourth-order valence-electron chi connectivity index (χ4n) is 2.03. The zero-order chi connectivity index (χ0) is 15.5. The molecule has 0 aliphatic carbocycles. The molecular formula is C16H13ClN2O2S. The van der Waals surface area contributed by atoms with E-state index in [2.05, 4.69) is 10.3 Å². The second-order valence-electron chi connectivity index (χ2n) is 4.62. The fourth-order valence-corrected chi connectivity index (χ4v) is 3.12. The number of carbonyl (C=O) groups is 1. The Morgan fingerprint density at radius 3 is 2.77 bits per heavy atom. The highest BCUT2D eigenvalue weighted by Gasteiger charge is 2.18. The molecule has 0 saturated heterocycles. The van der Waals surface area contributed by atoms with E-state index in [1.54, 1.807) is 7.11 Å². The molecule has 0 radical (unpaired) electrons. The van der Waals surface area contributed by atoms with Crippen LogP contribution in [0, 0.1) is 0 Å².